The summed E-state index contributed by atoms with van der Waals surface area (Å²) in [5.41, 5.74) is 8.68. The number of nitriles is 1. The summed E-state index contributed by atoms with van der Waals surface area (Å²) in [7, 11) is 0. The lowest BCUT2D eigenvalue weighted by Gasteiger charge is -2.14. The second-order valence-corrected chi connectivity index (χ2v) is 8.89. The van der Waals surface area contributed by atoms with Crippen LogP contribution in [0.25, 0.3) is 23.1 Å². The van der Waals surface area contributed by atoms with Gasteiger partial charge in [0, 0.05) is 72.1 Å². The average molecular weight is 485 g/mol. The van der Waals surface area contributed by atoms with Gasteiger partial charge in [0.2, 0.25) is 0 Å². The second kappa shape index (κ2) is 11.3. The zero-order valence-corrected chi connectivity index (χ0v) is 20.7. The van der Waals surface area contributed by atoms with E-state index in [0.717, 1.165) is 64.2 Å². The highest BCUT2D eigenvalue weighted by molar-refractivity contribution is 5.90. The molecule has 3 N–H and O–H groups in total. The molecular weight excluding hydrogens is 456 g/mol. The Morgan fingerprint density at radius 3 is 2.70 bits per heavy atom. The predicted molar refractivity (Wildman–Crippen MR) is 150 cm³/mol. The normalized spacial score (nSPS) is 11.1. The van der Waals surface area contributed by atoms with Crippen molar-refractivity contribution in [3.8, 4) is 6.07 Å². The van der Waals surface area contributed by atoms with Gasteiger partial charge < -0.3 is 15.6 Å². The van der Waals surface area contributed by atoms with Crippen LogP contribution in [0.2, 0.25) is 0 Å². The van der Waals surface area contributed by atoms with E-state index in [1.807, 2.05) is 54.9 Å². The van der Waals surface area contributed by atoms with Crippen LogP contribution in [0.5, 0.6) is 0 Å². The lowest BCUT2D eigenvalue weighted by Crippen LogP contribution is -2.17. The average Bonchev–Trinajstić information content (AvgIpc) is 3.43. The van der Waals surface area contributed by atoms with E-state index in [2.05, 4.69) is 68.9 Å². The van der Waals surface area contributed by atoms with E-state index in [-0.39, 0.29) is 0 Å². The van der Waals surface area contributed by atoms with Crippen LogP contribution < -0.4 is 10.6 Å². The predicted octanol–water partition coefficient (Wildman–Crippen LogP) is 6.38. The van der Waals surface area contributed by atoms with Crippen LogP contribution in [-0.2, 0) is 13.0 Å². The molecule has 2 aromatic carbocycles. The van der Waals surface area contributed by atoms with Crippen LogP contribution in [0.15, 0.2) is 85.5 Å². The fourth-order valence-corrected chi connectivity index (χ4v) is 4.31. The van der Waals surface area contributed by atoms with Gasteiger partial charge in [-0.15, -0.1) is 0 Å². The first kappa shape index (κ1) is 24.0. The summed E-state index contributed by atoms with van der Waals surface area (Å²) in [5.74, 6) is 0. The third kappa shape index (κ3) is 5.75. The SMILES string of the molecule is Cc1c(Nc2c(C#N)cncc2/C=C/c2ccc(CNCCc3ccccn3)cc2)ccc2[nH]ccc12. The highest BCUT2D eigenvalue weighted by Gasteiger charge is 2.11. The molecule has 37 heavy (non-hydrogen) atoms. The van der Waals surface area contributed by atoms with Gasteiger partial charge in [0.1, 0.15) is 6.07 Å². The molecule has 0 fully saturated rings. The summed E-state index contributed by atoms with van der Waals surface area (Å²) in [5, 5.41) is 17.8. The lowest BCUT2D eigenvalue weighted by molar-refractivity contribution is 0.680. The number of aromatic nitrogens is 3. The number of nitrogens with one attached hydrogen (secondary N) is 3. The fraction of sp³-hybridized carbons (Fsp3) is 0.129. The molecule has 3 heterocycles. The quantitative estimate of drug-likeness (QED) is 0.211. The molecule has 0 aliphatic heterocycles. The summed E-state index contributed by atoms with van der Waals surface area (Å²) in [6.45, 7) is 3.77. The fourth-order valence-electron chi connectivity index (χ4n) is 4.31. The summed E-state index contributed by atoms with van der Waals surface area (Å²) >= 11 is 0. The smallest absolute Gasteiger partial charge is 0.103 e. The van der Waals surface area contributed by atoms with Crippen molar-refractivity contribution in [1.29, 1.82) is 5.26 Å². The molecule has 6 heteroatoms. The summed E-state index contributed by atoms with van der Waals surface area (Å²) in [6.07, 6.45) is 12.1. The first-order valence-corrected chi connectivity index (χ1v) is 12.3. The lowest BCUT2D eigenvalue weighted by atomic mass is 10.1. The van der Waals surface area contributed by atoms with Crippen molar-refractivity contribution in [2.75, 3.05) is 11.9 Å². The molecule has 0 saturated heterocycles. The number of H-pyrrole nitrogens is 1. The standard InChI is InChI=1S/C31H28N6/c1-22-28-14-17-36-30(28)12-11-29(22)37-31-25(20-34-21-26(31)18-32)10-9-23-5-7-24(8-6-23)19-33-16-13-27-4-2-3-15-35-27/h2-12,14-15,17,20-21,33,36H,13,16,19H2,1H3,(H,34,37)/b10-9+. The topological polar surface area (TPSA) is 89.4 Å². The molecule has 182 valence electrons. The van der Waals surface area contributed by atoms with Crippen molar-refractivity contribution in [3.05, 3.63) is 119 Å². The zero-order chi connectivity index (χ0) is 25.5. The van der Waals surface area contributed by atoms with Crippen molar-refractivity contribution in [3.63, 3.8) is 0 Å². The van der Waals surface area contributed by atoms with E-state index < -0.39 is 0 Å². The van der Waals surface area contributed by atoms with Crippen molar-refractivity contribution < 1.29 is 0 Å². The van der Waals surface area contributed by atoms with Crippen molar-refractivity contribution in [1.82, 2.24) is 20.3 Å². The molecule has 0 bridgehead atoms. The molecule has 5 aromatic rings. The molecule has 0 saturated carbocycles. The molecule has 0 aliphatic rings. The molecule has 6 nitrogen and oxygen atoms in total. The Balaban J connectivity index is 1.27. The zero-order valence-electron chi connectivity index (χ0n) is 20.7. The van der Waals surface area contributed by atoms with Gasteiger partial charge in [0.25, 0.3) is 0 Å². The maximum atomic E-state index is 9.73. The molecule has 0 spiro atoms. The molecule has 5 rings (SSSR count). The number of aryl methyl sites for hydroxylation is 1. The number of hydrogen-bond donors (Lipinski definition) is 3. The van der Waals surface area contributed by atoms with Crippen LogP contribution in [0.4, 0.5) is 11.4 Å². The van der Waals surface area contributed by atoms with Crippen molar-refractivity contribution in [2.45, 2.75) is 19.9 Å². The van der Waals surface area contributed by atoms with Gasteiger partial charge in [-0.1, -0.05) is 42.5 Å². The molecule has 0 unspecified atom stereocenters. The van der Waals surface area contributed by atoms with Crippen LogP contribution in [0, 0.1) is 18.3 Å². The van der Waals surface area contributed by atoms with Gasteiger partial charge in [0.15, 0.2) is 0 Å². The van der Waals surface area contributed by atoms with Crippen LogP contribution in [-0.4, -0.2) is 21.5 Å². The van der Waals surface area contributed by atoms with Crippen molar-refractivity contribution in [2.24, 2.45) is 0 Å². The van der Waals surface area contributed by atoms with E-state index in [1.165, 1.54) is 5.56 Å². The number of anilines is 2. The maximum absolute atomic E-state index is 9.73. The third-order valence-corrected chi connectivity index (χ3v) is 6.41. The Morgan fingerprint density at radius 2 is 1.89 bits per heavy atom. The van der Waals surface area contributed by atoms with Gasteiger partial charge in [-0.05, 0) is 53.9 Å². The highest BCUT2D eigenvalue weighted by atomic mass is 14.9. The summed E-state index contributed by atoms with van der Waals surface area (Å²) in [4.78, 5) is 11.9. The number of benzene rings is 2. The Labute approximate surface area is 216 Å². The van der Waals surface area contributed by atoms with Gasteiger partial charge >= 0.3 is 0 Å². The molecule has 0 amide bonds. The number of hydrogen-bond acceptors (Lipinski definition) is 5. The van der Waals surface area contributed by atoms with Gasteiger partial charge in [-0.2, -0.15) is 5.26 Å². The Morgan fingerprint density at radius 1 is 1.00 bits per heavy atom. The first-order valence-electron chi connectivity index (χ1n) is 12.3. The minimum absolute atomic E-state index is 0.503. The summed E-state index contributed by atoms with van der Waals surface area (Å²) < 4.78 is 0. The number of fused-ring (bicyclic) bond motifs is 1. The second-order valence-electron chi connectivity index (χ2n) is 8.89. The molecule has 0 atom stereocenters. The minimum Gasteiger partial charge on any atom is -0.361 e. The van der Waals surface area contributed by atoms with Crippen molar-refractivity contribution >= 4 is 34.4 Å². The number of pyridine rings is 2. The van der Waals surface area contributed by atoms with E-state index in [9.17, 15) is 5.26 Å². The molecule has 0 aliphatic carbocycles. The van der Waals surface area contributed by atoms with E-state index >= 15 is 0 Å². The Kier molecular flexibility index (Phi) is 7.35. The van der Waals surface area contributed by atoms with E-state index in [0.29, 0.717) is 5.56 Å². The Bertz CT molecular complexity index is 1560. The molecular formula is C31H28N6. The van der Waals surface area contributed by atoms with E-state index in [1.54, 1.807) is 12.4 Å². The first-order chi connectivity index (χ1) is 18.2. The molecule has 3 aromatic heterocycles. The van der Waals surface area contributed by atoms with E-state index in [4.69, 9.17) is 0 Å². The minimum atomic E-state index is 0.503. The van der Waals surface area contributed by atoms with Crippen LogP contribution in [0.1, 0.15) is 33.5 Å². The van der Waals surface area contributed by atoms with Gasteiger partial charge in [-0.3, -0.25) is 9.97 Å². The monoisotopic (exact) mass is 484 g/mol. The molecule has 0 radical (unpaired) electrons. The van der Waals surface area contributed by atoms with Gasteiger partial charge in [-0.25, -0.2) is 0 Å². The number of aromatic amines is 1. The highest BCUT2D eigenvalue weighted by Crippen LogP contribution is 2.31. The third-order valence-electron chi connectivity index (χ3n) is 6.41. The van der Waals surface area contributed by atoms with Gasteiger partial charge in [0.05, 0.1) is 11.3 Å². The largest absolute Gasteiger partial charge is 0.361 e. The van der Waals surface area contributed by atoms with Crippen LogP contribution in [0.3, 0.4) is 0 Å². The Hall–Kier alpha value is -4.73. The van der Waals surface area contributed by atoms with Crippen LogP contribution >= 0.6 is 0 Å². The summed E-state index contributed by atoms with van der Waals surface area (Å²) in [6, 6.07) is 22.9. The maximum Gasteiger partial charge on any atom is 0.103 e. The number of nitrogens with zero attached hydrogens (tertiary/aromatic N) is 3. The number of rotatable bonds is 9.